The highest BCUT2D eigenvalue weighted by Gasteiger charge is 2.33. The van der Waals surface area contributed by atoms with Gasteiger partial charge in [0.1, 0.15) is 0 Å². The van der Waals surface area contributed by atoms with Crippen LogP contribution < -0.4 is 5.32 Å². The molecule has 1 N–H and O–H groups in total. The van der Waals surface area contributed by atoms with Crippen LogP contribution in [0.15, 0.2) is 109 Å². The molecule has 236 valence electrons. The van der Waals surface area contributed by atoms with Crippen LogP contribution >= 0.6 is 0 Å². The van der Waals surface area contributed by atoms with E-state index < -0.39 is 0 Å². The zero-order valence-electron chi connectivity index (χ0n) is 27.7. The number of ether oxygens (including phenoxy) is 1. The van der Waals surface area contributed by atoms with E-state index in [1.54, 1.807) is 0 Å². The Kier molecular flexibility index (Phi) is 11.2. The second-order valence-electron chi connectivity index (χ2n) is 12.9. The number of nitrogens with one attached hydrogen (secondary N) is 1. The molecule has 1 atom stereocenters. The van der Waals surface area contributed by atoms with E-state index in [1.165, 1.54) is 12.7 Å². The monoisotopic (exact) mass is 604 g/mol. The Bertz CT molecular complexity index is 1540. The van der Waals surface area contributed by atoms with Crippen molar-refractivity contribution in [2.24, 2.45) is 5.92 Å². The van der Waals surface area contributed by atoms with Gasteiger partial charge in [-0.15, -0.1) is 0 Å². The number of piperidine rings is 1. The SMILES string of the molecule is C=C(/C=C\C(=C/CC)NC(=O)c1cccc(C)c1-c1ccc(C(C)(C)C)cc1)N1CCC(C(C(=O)OC)c2ccccc2)CC1. The molecule has 5 heteroatoms. The summed E-state index contributed by atoms with van der Waals surface area (Å²) in [7, 11) is 1.46. The van der Waals surface area contributed by atoms with Crippen LogP contribution in [0.5, 0.6) is 0 Å². The molecule has 1 heterocycles. The summed E-state index contributed by atoms with van der Waals surface area (Å²) in [5.41, 5.74) is 7.63. The third-order valence-corrected chi connectivity index (χ3v) is 8.73. The second-order valence-corrected chi connectivity index (χ2v) is 12.9. The highest BCUT2D eigenvalue weighted by atomic mass is 16.5. The molecular weight excluding hydrogens is 556 g/mol. The molecule has 0 aromatic heterocycles. The lowest BCUT2D eigenvalue weighted by Gasteiger charge is -2.36. The van der Waals surface area contributed by atoms with Crippen molar-refractivity contribution in [1.82, 2.24) is 10.2 Å². The summed E-state index contributed by atoms with van der Waals surface area (Å²) in [6.07, 6.45) is 8.43. The van der Waals surface area contributed by atoms with Crippen LogP contribution in [0.3, 0.4) is 0 Å². The van der Waals surface area contributed by atoms with Crippen molar-refractivity contribution in [2.75, 3.05) is 20.2 Å². The number of nitrogens with zero attached hydrogens (tertiary/aromatic N) is 1. The molecule has 4 rings (SSSR count). The summed E-state index contributed by atoms with van der Waals surface area (Å²) >= 11 is 0. The number of likely N-dealkylation sites (tertiary alicyclic amines) is 1. The van der Waals surface area contributed by atoms with E-state index in [-0.39, 0.29) is 29.1 Å². The third kappa shape index (κ3) is 8.42. The van der Waals surface area contributed by atoms with Gasteiger partial charge in [-0.2, -0.15) is 0 Å². The number of allylic oxidation sites excluding steroid dienone is 3. The number of methoxy groups -OCH3 is 1. The lowest BCUT2D eigenvalue weighted by Crippen LogP contribution is -2.36. The van der Waals surface area contributed by atoms with Crippen molar-refractivity contribution in [3.63, 3.8) is 0 Å². The van der Waals surface area contributed by atoms with Crippen LogP contribution in [0, 0.1) is 12.8 Å². The van der Waals surface area contributed by atoms with Crippen LogP contribution in [0.4, 0.5) is 0 Å². The molecule has 3 aromatic rings. The van der Waals surface area contributed by atoms with Gasteiger partial charge in [-0.05, 0) is 83.6 Å². The third-order valence-electron chi connectivity index (χ3n) is 8.73. The predicted molar refractivity (Wildman–Crippen MR) is 185 cm³/mol. The fourth-order valence-electron chi connectivity index (χ4n) is 6.16. The van der Waals surface area contributed by atoms with Crippen molar-refractivity contribution in [3.05, 3.63) is 131 Å². The Hall–Kier alpha value is -4.38. The minimum atomic E-state index is -0.264. The highest BCUT2D eigenvalue weighted by Crippen LogP contribution is 2.35. The molecule has 1 unspecified atom stereocenters. The first-order valence-corrected chi connectivity index (χ1v) is 16.0. The van der Waals surface area contributed by atoms with Gasteiger partial charge in [0.15, 0.2) is 0 Å². The van der Waals surface area contributed by atoms with Crippen molar-refractivity contribution in [2.45, 2.75) is 65.2 Å². The van der Waals surface area contributed by atoms with Gasteiger partial charge in [-0.1, -0.05) is 107 Å². The number of hydrogen-bond acceptors (Lipinski definition) is 4. The summed E-state index contributed by atoms with van der Waals surface area (Å²) < 4.78 is 5.18. The standard InChI is InChI=1S/C40H48N2O3/c1-8-13-34(41-38(43)35-17-12-14-28(2)36(35)31-19-21-33(22-20-31)40(4,5)6)23-18-29(3)42-26-24-32(25-27-42)37(39(44)45-7)30-15-10-9-11-16-30/h9-23,32,37H,3,8,24-27H2,1-2,4-7H3,(H,41,43)/b23-18-,34-13+. The zero-order chi connectivity index (χ0) is 32.6. The summed E-state index contributed by atoms with van der Waals surface area (Å²) in [5.74, 6) is -0.378. The molecule has 0 aliphatic carbocycles. The van der Waals surface area contributed by atoms with Gasteiger partial charge in [-0.25, -0.2) is 0 Å². The lowest BCUT2D eigenvalue weighted by atomic mass is 9.80. The van der Waals surface area contributed by atoms with E-state index in [1.807, 2.05) is 73.7 Å². The van der Waals surface area contributed by atoms with Gasteiger partial charge in [0.05, 0.1) is 13.0 Å². The molecule has 0 saturated carbocycles. The van der Waals surface area contributed by atoms with Gasteiger partial charge in [0, 0.05) is 30.0 Å². The van der Waals surface area contributed by atoms with Crippen LogP contribution in [0.2, 0.25) is 0 Å². The number of benzene rings is 3. The van der Waals surface area contributed by atoms with Crippen LogP contribution in [-0.2, 0) is 14.9 Å². The van der Waals surface area contributed by atoms with Crippen LogP contribution in [0.25, 0.3) is 11.1 Å². The number of amides is 1. The van der Waals surface area contributed by atoms with E-state index in [9.17, 15) is 9.59 Å². The Morgan fingerprint density at radius 3 is 2.24 bits per heavy atom. The minimum absolute atomic E-state index is 0.0597. The number of esters is 1. The molecule has 1 saturated heterocycles. The molecule has 0 spiro atoms. The van der Waals surface area contributed by atoms with Crippen LogP contribution in [-0.4, -0.2) is 37.0 Å². The van der Waals surface area contributed by atoms with E-state index in [0.717, 1.165) is 66.0 Å². The smallest absolute Gasteiger partial charge is 0.313 e. The van der Waals surface area contributed by atoms with Gasteiger partial charge in [0.25, 0.3) is 5.91 Å². The molecule has 0 bridgehead atoms. The molecule has 5 nitrogen and oxygen atoms in total. The number of aryl methyl sites for hydroxylation is 1. The molecule has 0 radical (unpaired) electrons. The van der Waals surface area contributed by atoms with Gasteiger partial charge >= 0.3 is 5.97 Å². The maximum atomic E-state index is 13.7. The second kappa shape index (κ2) is 15.1. The number of rotatable bonds is 10. The van der Waals surface area contributed by atoms with E-state index in [2.05, 4.69) is 68.8 Å². The summed E-state index contributed by atoms with van der Waals surface area (Å²) in [6, 6.07) is 24.3. The molecule has 3 aromatic carbocycles. The zero-order valence-corrected chi connectivity index (χ0v) is 27.7. The first-order valence-electron chi connectivity index (χ1n) is 16.0. The average molecular weight is 605 g/mol. The number of carbonyl (C=O) groups excluding carboxylic acids is 2. The Morgan fingerprint density at radius 1 is 0.978 bits per heavy atom. The van der Waals surface area contributed by atoms with Crippen molar-refractivity contribution in [3.8, 4) is 11.1 Å². The maximum absolute atomic E-state index is 13.7. The Labute approximate surface area is 269 Å². The largest absolute Gasteiger partial charge is 0.469 e. The lowest BCUT2D eigenvalue weighted by molar-refractivity contribution is -0.144. The first kappa shape index (κ1) is 33.5. The molecular formula is C40H48N2O3. The molecule has 1 fully saturated rings. The van der Waals surface area contributed by atoms with E-state index >= 15 is 0 Å². The van der Waals surface area contributed by atoms with Crippen molar-refractivity contribution in [1.29, 1.82) is 0 Å². The summed E-state index contributed by atoms with van der Waals surface area (Å²) in [6.45, 7) is 16.6. The average Bonchev–Trinajstić information content (AvgIpc) is 3.04. The first-order chi connectivity index (χ1) is 21.5. The molecule has 1 amide bonds. The van der Waals surface area contributed by atoms with Gasteiger partial charge < -0.3 is 15.0 Å². The van der Waals surface area contributed by atoms with Crippen molar-refractivity contribution >= 4 is 11.9 Å². The van der Waals surface area contributed by atoms with E-state index in [4.69, 9.17) is 4.74 Å². The van der Waals surface area contributed by atoms with Gasteiger partial charge in [0.2, 0.25) is 0 Å². The van der Waals surface area contributed by atoms with Gasteiger partial charge in [-0.3, -0.25) is 9.59 Å². The molecule has 1 aliphatic rings. The fraction of sp³-hybridized carbons (Fsp3) is 0.350. The topological polar surface area (TPSA) is 58.6 Å². The maximum Gasteiger partial charge on any atom is 0.313 e. The van der Waals surface area contributed by atoms with Crippen molar-refractivity contribution < 1.29 is 14.3 Å². The van der Waals surface area contributed by atoms with Crippen LogP contribution in [0.1, 0.15) is 79.9 Å². The predicted octanol–water partition coefficient (Wildman–Crippen LogP) is 8.72. The Balaban J connectivity index is 1.44. The number of hydrogen-bond donors (Lipinski definition) is 1. The quantitative estimate of drug-likeness (QED) is 0.186. The van der Waals surface area contributed by atoms with E-state index in [0.29, 0.717) is 5.56 Å². The Morgan fingerprint density at radius 2 is 1.64 bits per heavy atom. The summed E-state index contributed by atoms with van der Waals surface area (Å²) in [4.78, 5) is 28.7. The summed E-state index contributed by atoms with van der Waals surface area (Å²) in [5, 5.41) is 3.15. The highest BCUT2D eigenvalue weighted by molar-refractivity contribution is 6.02. The normalized spacial score (nSPS) is 15.2. The minimum Gasteiger partial charge on any atom is -0.469 e. The molecule has 45 heavy (non-hydrogen) atoms. The number of carbonyl (C=O) groups is 2. The molecule has 1 aliphatic heterocycles. The fourth-order valence-corrected chi connectivity index (χ4v) is 6.16.